The molecular formula is C12H14N4S2. The molecule has 2 aromatic heterocycles. The summed E-state index contributed by atoms with van der Waals surface area (Å²) in [6, 6.07) is 1.80. The Morgan fingerprint density at radius 1 is 1.56 bits per heavy atom. The van der Waals surface area contributed by atoms with Crippen molar-refractivity contribution in [1.29, 1.82) is 0 Å². The molecule has 4 nitrogen and oxygen atoms in total. The topological polar surface area (TPSA) is 63.8 Å². The summed E-state index contributed by atoms with van der Waals surface area (Å²) in [6.45, 7) is 4.16. The number of hydrogen-bond donors (Lipinski definition) is 2. The Bertz CT molecular complexity index is 577. The van der Waals surface area contributed by atoms with Crippen LogP contribution in [0.15, 0.2) is 18.5 Å². The average Bonchev–Trinajstić information content (AvgIpc) is 2.70. The standard InChI is InChI=1S/C12H14N4S2/c1-3-9-7(2)18-12(15-9)16-10-6-14-5-4-8(10)11(13)17/h4-6H,3H2,1-2H3,(H2,13,17)(H,15,16). The fourth-order valence-electron chi connectivity index (χ4n) is 1.63. The molecule has 3 N–H and O–H groups in total. The second kappa shape index (κ2) is 5.41. The van der Waals surface area contributed by atoms with E-state index in [-0.39, 0.29) is 0 Å². The molecule has 0 aliphatic carbocycles. The molecule has 0 aliphatic heterocycles. The Balaban J connectivity index is 2.31. The average molecular weight is 278 g/mol. The molecule has 2 aromatic rings. The summed E-state index contributed by atoms with van der Waals surface area (Å²) in [4.78, 5) is 10.2. The molecule has 94 valence electrons. The quantitative estimate of drug-likeness (QED) is 0.842. The van der Waals surface area contributed by atoms with Crippen LogP contribution in [-0.2, 0) is 6.42 Å². The van der Waals surface area contributed by atoms with Crippen molar-refractivity contribution in [3.63, 3.8) is 0 Å². The summed E-state index contributed by atoms with van der Waals surface area (Å²) >= 11 is 6.63. The summed E-state index contributed by atoms with van der Waals surface area (Å²) in [7, 11) is 0. The first-order valence-electron chi connectivity index (χ1n) is 5.59. The Labute approximate surface area is 115 Å². The van der Waals surface area contributed by atoms with Gasteiger partial charge >= 0.3 is 0 Å². The van der Waals surface area contributed by atoms with Crippen LogP contribution in [0, 0.1) is 6.92 Å². The van der Waals surface area contributed by atoms with E-state index in [1.54, 1.807) is 29.8 Å². The van der Waals surface area contributed by atoms with Crippen LogP contribution in [0.5, 0.6) is 0 Å². The SMILES string of the molecule is CCc1nc(Nc2cnccc2C(N)=S)sc1C. The molecule has 0 aliphatic rings. The zero-order chi connectivity index (χ0) is 13.1. The number of nitrogens with zero attached hydrogens (tertiary/aromatic N) is 2. The molecule has 0 saturated heterocycles. The van der Waals surface area contributed by atoms with Gasteiger partial charge in [0.15, 0.2) is 5.13 Å². The third-order valence-corrected chi connectivity index (χ3v) is 3.70. The van der Waals surface area contributed by atoms with E-state index in [2.05, 4.69) is 29.1 Å². The molecule has 0 bridgehead atoms. The van der Waals surface area contributed by atoms with Crippen LogP contribution < -0.4 is 11.1 Å². The molecule has 2 rings (SSSR count). The number of aryl methyl sites for hydroxylation is 2. The van der Waals surface area contributed by atoms with E-state index in [0.29, 0.717) is 4.99 Å². The highest BCUT2D eigenvalue weighted by molar-refractivity contribution is 7.80. The van der Waals surface area contributed by atoms with Crippen LogP contribution in [0.3, 0.4) is 0 Å². The van der Waals surface area contributed by atoms with E-state index in [9.17, 15) is 0 Å². The van der Waals surface area contributed by atoms with Crippen molar-refractivity contribution in [2.45, 2.75) is 20.3 Å². The molecule has 6 heteroatoms. The number of pyridine rings is 1. The van der Waals surface area contributed by atoms with Gasteiger partial charge in [-0.1, -0.05) is 19.1 Å². The first-order valence-corrected chi connectivity index (χ1v) is 6.81. The van der Waals surface area contributed by atoms with Gasteiger partial charge in [-0.05, 0) is 19.4 Å². The summed E-state index contributed by atoms with van der Waals surface area (Å²) in [5.74, 6) is 0. The van der Waals surface area contributed by atoms with Crippen LogP contribution in [0.1, 0.15) is 23.1 Å². The fourth-order valence-corrected chi connectivity index (χ4v) is 2.73. The smallest absolute Gasteiger partial charge is 0.187 e. The lowest BCUT2D eigenvalue weighted by atomic mass is 10.2. The number of nitrogens with one attached hydrogen (secondary N) is 1. The van der Waals surface area contributed by atoms with E-state index >= 15 is 0 Å². The predicted octanol–water partition coefficient (Wildman–Crippen LogP) is 2.79. The van der Waals surface area contributed by atoms with Gasteiger partial charge in [0.1, 0.15) is 4.99 Å². The van der Waals surface area contributed by atoms with Gasteiger partial charge in [0.2, 0.25) is 0 Å². The monoisotopic (exact) mass is 278 g/mol. The molecular weight excluding hydrogens is 264 g/mol. The number of thiazole rings is 1. The molecule has 2 heterocycles. The van der Waals surface area contributed by atoms with Crippen molar-refractivity contribution in [2.75, 3.05) is 5.32 Å². The Morgan fingerprint density at radius 3 is 2.94 bits per heavy atom. The minimum Gasteiger partial charge on any atom is -0.389 e. The predicted molar refractivity (Wildman–Crippen MR) is 79.6 cm³/mol. The van der Waals surface area contributed by atoms with Crippen molar-refractivity contribution in [3.05, 3.63) is 34.6 Å². The fraction of sp³-hybridized carbons (Fsp3) is 0.250. The minimum atomic E-state index is 0.351. The van der Waals surface area contributed by atoms with E-state index in [0.717, 1.165) is 28.5 Å². The highest BCUT2D eigenvalue weighted by atomic mass is 32.1. The zero-order valence-electron chi connectivity index (χ0n) is 10.2. The summed E-state index contributed by atoms with van der Waals surface area (Å²) in [6.07, 6.45) is 4.31. The Morgan fingerprint density at radius 2 is 2.33 bits per heavy atom. The molecule has 0 saturated carbocycles. The van der Waals surface area contributed by atoms with Crippen LogP contribution >= 0.6 is 23.6 Å². The molecule has 0 aromatic carbocycles. The van der Waals surface area contributed by atoms with Crippen LogP contribution in [-0.4, -0.2) is 15.0 Å². The Kier molecular flexibility index (Phi) is 3.88. The lowest BCUT2D eigenvalue weighted by Gasteiger charge is -2.07. The molecule has 0 amide bonds. The van der Waals surface area contributed by atoms with E-state index in [4.69, 9.17) is 18.0 Å². The highest BCUT2D eigenvalue weighted by Crippen LogP contribution is 2.26. The maximum Gasteiger partial charge on any atom is 0.187 e. The number of hydrogen-bond acceptors (Lipinski definition) is 5. The third kappa shape index (κ3) is 2.65. The van der Waals surface area contributed by atoms with Gasteiger partial charge in [0.05, 0.1) is 17.6 Å². The molecule has 0 atom stereocenters. The number of anilines is 2. The summed E-state index contributed by atoms with van der Waals surface area (Å²) in [5.41, 5.74) is 8.37. The minimum absolute atomic E-state index is 0.351. The Hall–Kier alpha value is -1.53. The van der Waals surface area contributed by atoms with Gasteiger partial charge < -0.3 is 11.1 Å². The van der Waals surface area contributed by atoms with Gasteiger partial charge in [0, 0.05) is 16.6 Å². The largest absolute Gasteiger partial charge is 0.389 e. The first-order chi connectivity index (χ1) is 8.61. The van der Waals surface area contributed by atoms with E-state index < -0.39 is 0 Å². The van der Waals surface area contributed by atoms with Crippen LogP contribution in [0.25, 0.3) is 0 Å². The highest BCUT2D eigenvalue weighted by Gasteiger charge is 2.09. The van der Waals surface area contributed by atoms with Crippen molar-refractivity contribution in [1.82, 2.24) is 9.97 Å². The summed E-state index contributed by atoms with van der Waals surface area (Å²) < 4.78 is 0. The van der Waals surface area contributed by atoms with Crippen molar-refractivity contribution in [3.8, 4) is 0 Å². The van der Waals surface area contributed by atoms with Gasteiger partial charge in [-0.25, -0.2) is 4.98 Å². The maximum absolute atomic E-state index is 5.68. The first kappa shape index (κ1) is 12.9. The third-order valence-electron chi connectivity index (χ3n) is 2.56. The lowest BCUT2D eigenvalue weighted by Crippen LogP contribution is -2.12. The normalized spacial score (nSPS) is 10.3. The second-order valence-corrected chi connectivity index (χ2v) is 5.43. The van der Waals surface area contributed by atoms with Crippen molar-refractivity contribution < 1.29 is 0 Å². The van der Waals surface area contributed by atoms with Gasteiger partial charge in [-0.2, -0.15) is 0 Å². The lowest BCUT2D eigenvalue weighted by molar-refractivity contribution is 1.05. The second-order valence-electron chi connectivity index (χ2n) is 3.79. The van der Waals surface area contributed by atoms with Gasteiger partial charge in [0.25, 0.3) is 0 Å². The zero-order valence-corrected chi connectivity index (χ0v) is 11.9. The van der Waals surface area contributed by atoms with Crippen molar-refractivity contribution >= 4 is 39.4 Å². The molecule has 0 spiro atoms. The van der Waals surface area contributed by atoms with Gasteiger partial charge in [-0.3, -0.25) is 4.98 Å². The number of thiocarbonyl (C=S) groups is 1. The maximum atomic E-state index is 5.68. The molecule has 18 heavy (non-hydrogen) atoms. The van der Waals surface area contributed by atoms with E-state index in [1.807, 2.05) is 0 Å². The van der Waals surface area contributed by atoms with Gasteiger partial charge in [-0.15, -0.1) is 11.3 Å². The van der Waals surface area contributed by atoms with Crippen molar-refractivity contribution in [2.24, 2.45) is 5.73 Å². The molecule has 0 unspecified atom stereocenters. The number of rotatable bonds is 4. The number of nitrogens with two attached hydrogens (primary N) is 1. The molecule has 0 fully saturated rings. The van der Waals surface area contributed by atoms with E-state index in [1.165, 1.54) is 4.88 Å². The summed E-state index contributed by atoms with van der Waals surface area (Å²) in [5, 5.41) is 4.07. The van der Waals surface area contributed by atoms with Crippen LogP contribution in [0.2, 0.25) is 0 Å². The van der Waals surface area contributed by atoms with Crippen LogP contribution in [0.4, 0.5) is 10.8 Å². The number of aromatic nitrogens is 2. The molecule has 0 radical (unpaired) electrons.